The second-order valence-electron chi connectivity index (χ2n) is 4.90. The van der Waals surface area contributed by atoms with Crippen molar-refractivity contribution in [2.75, 3.05) is 11.9 Å². The number of aliphatic hydroxyl groups excluding tert-OH is 1. The van der Waals surface area contributed by atoms with Crippen LogP contribution in [0.2, 0.25) is 0 Å². The number of urea groups is 1. The molecule has 18 heavy (non-hydrogen) atoms. The second kappa shape index (κ2) is 6.20. The highest BCUT2D eigenvalue weighted by Gasteiger charge is 2.19. The third-order valence-electron chi connectivity index (χ3n) is 2.62. The normalized spacial score (nSPS) is 11.2. The number of carbonyl (C=O) groups is 1. The van der Waals surface area contributed by atoms with Crippen LogP contribution in [0.15, 0.2) is 22.7 Å². The number of amides is 2. The molecule has 100 valence electrons. The van der Waals surface area contributed by atoms with Gasteiger partial charge in [-0.15, -0.1) is 0 Å². The van der Waals surface area contributed by atoms with Gasteiger partial charge in [-0.05, 0) is 44.9 Å². The van der Waals surface area contributed by atoms with Crippen molar-refractivity contribution >= 4 is 27.6 Å². The molecule has 0 aliphatic heterocycles. The van der Waals surface area contributed by atoms with E-state index in [0.717, 1.165) is 15.7 Å². The average Bonchev–Trinajstić information content (AvgIpc) is 2.22. The Morgan fingerprint density at radius 3 is 2.67 bits per heavy atom. The number of halogens is 1. The number of hydrogen-bond acceptors (Lipinski definition) is 2. The van der Waals surface area contributed by atoms with Crippen LogP contribution in [0.3, 0.4) is 0 Å². The first-order valence-electron chi connectivity index (χ1n) is 5.80. The molecule has 1 aromatic rings. The lowest BCUT2D eigenvalue weighted by molar-refractivity contribution is 0.218. The van der Waals surface area contributed by atoms with E-state index in [2.05, 4.69) is 26.6 Å². The van der Waals surface area contributed by atoms with Gasteiger partial charge in [0, 0.05) is 22.3 Å². The maximum atomic E-state index is 11.8. The Bertz CT molecular complexity index is 433. The first-order chi connectivity index (χ1) is 8.34. The van der Waals surface area contributed by atoms with Crippen molar-refractivity contribution < 1.29 is 9.90 Å². The molecule has 0 heterocycles. The summed E-state index contributed by atoms with van der Waals surface area (Å²) in [5.41, 5.74) is 1.41. The minimum atomic E-state index is -0.430. The zero-order valence-corrected chi connectivity index (χ0v) is 12.5. The first kappa shape index (κ1) is 15.0. The van der Waals surface area contributed by atoms with Gasteiger partial charge in [0.25, 0.3) is 0 Å². The summed E-state index contributed by atoms with van der Waals surface area (Å²) in [5, 5.41) is 14.5. The van der Waals surface area contributed by atoms with E-state index in [1.807, 2.05) is 39.0 Å². The molecule has 0 fully saturated rings. The van der Waals surface area contributed by atoms with Gasteiger partial charge in [-0.1, -0.05) is 22.0 Å². The van der Waals surface area contributed by atoms with Crippen LogP contribution >= 0.6 is 15.9 Å². The molecule has 0 saturated carbocycles. The number of aryl methyl sites for hydroxylation is 1. The second-order valence-corrected chi connectivity index (χ2v) is 5.75. The Balaban J connectivity index is 2.62. The highest BCUT2D eigenvalue weighted by atomic mass is 79.9. The molecule has 1 aromatic carbocycles. The zero-order chi connectivity index (χ0) is 13.8. The van der Waals surface area contributed by atoms with Crippen LogP contribution in [0.4, 0.5) is 10.5 Å². The van der Waals surface area contributed by atoms with Crippen LogP contribution in [0, 0.1) is 6.92 Å². The van der Waals surface area contributed by atoms with Crippen molar-refractivity contribution in [1.29, 1.82) is 0 Å². The summed E-state index contributed by atoms with van der Waals surface area (Å²) in [7, 11) is 0. The summed E-state index contributed by atoms with van der Waals surface area (Å²) in [6, 6.07) is 5.36. The number of nitrogens with one attached hydrogen (secondary N) is 2. The summed E-state index contributed by atoms with van der Waals surface area (Å²) < 4.78 is 0.954. The van der Waals surface area contributed by atoms with Crippen molar-refractivity contribution in [2.45, 2.75) is 32.7 Å². The molecule has 0 aliphatic carbocycles. The summed E-state index contributed by atoms with van der Waals surface area (Å²) in [4.78, 5) is 11.8. The van der Waals surface area contributed by atoms with E-state index in [9.17, 15) is 4.79 Å². The average molecular weight is 315 g/mol. The quantitative estimate of drug-likeness (QED) is 0.800. The fraction of sp³-hybridized carbons (Fsp3) is 0.462. The van der Waals surface area contributed by atoms with Crippen LogP contribution in [0.25, 0.3) is 0 Å². The van der Waals surface area contributed by atoms with Gasteiger partial charge in [0.05, 0.1) is 0 Å². The van der Waals surface area contributed by atoms with Gasteiger partial charge in [-0.25, -0.2) is 4.79 Å². The van der Waals surface area contributed by atoms with Gasteiger partial charge in [0.2, 0.25) is 0 Å². The van der Waals surface area contributed by atoms with E-state index in [0.29, 0.717) is 6.42 Å². The summed E-state index contributed by atoms with van der Waals surface area (Å²) in [5.74, 6) is 0. The van der Waals surface area contributed by atoms with E-state index >= 15 is 0 Å². The van der Waals surface area contributed by atoms with E-state index < -0.39 is 5.54 Å². The molecule has 0 unspecified atom stereocenters. The van der Waals surface area contributed by atoms with Gasteiger partial charge in [0.15, 0.2) is 0 Å². The number of hydrogen-bond donors (Lipinski definition) is 3. The van der Waals surface area contributed by atoms with Gasteiger partial charge >= 0.3 is 6.03 Å². The molecule has 4 nitrogen and oxygen atoms in total. The SMILES string of the molecule is Cc1ccc(NC(=O)NC(C)(C)CCO)cc1Br. The van der Waals surface area contributed by atoms with Crippen LogP contribution in [-0.4, -0.2) is 23.3 Å². The molecule has 5 heteroatoms. The smallest absolute Gasteiger partial charge is 0.319 e. The number of carbonyl (C=O) groups excluding carboxylic acids is 1. The Kier molecular flexibility index (Phi) is 5.16. The van der Waals surface area contributed by atoms with Crippen LogP contribution in [-0.2, 0) is 0 Å². The van der Waals surface area contributed by atoms with E-state index in [4.69, 9.17) is 5.11 Å². The van der Waals surface area contributed by atoms with Gasteiger partial charge in [-0.3, -0.25) is 0 Å². The molecule has 0 saturated heterocycles. The Hall–Kier alpha value is -1.07. The molecule has 0 bridgehead atoms. The molecule has 1 rings (SSSR count). The van der Waals surface area contributed by atoms with Crippen molar-refractivity contribution in [1.82, 2.24) is 5.32 Å². The Morgan fingerprint density at radius 1 is 1.44 bits per heavy atom. The fourth-order valence-corrected chi connectivity index (χ4v) is 1.86. The number of aliphatic hydroxyl groups is 1. The highest BCUT2D eigenvalue weighted by molar-refractivity contribution is 9.10. The topological polar surface area (TPSA) is 61.4 Å². The van der Waals surface area contributed by atoms with Crippen molar-refractivity contribution in [2.24, 2.45) is 0 Å². The molecular formula is C13H19BrN2O2. The molecule has 0 radical (unpaired) electrons. The molecule has 2 amide bonds. The Labute approximate surface area is 116 Å². The summed E-state index contributed by atoms with van der Waals surface area (Å²) in [6.45, 7) is 5.77. The standard InChI is InChI=1S/C13H19BrN2O2/c1-9-4-5-10(8-11(9)14)15-12(18)16-13(2,3)6-7-17/h4-5,8,17H,6-7H2,1-3H3,(H2,15,16,18). The van der Waals surface area contributed by atoms with Crippen molar-refractivity contribution in [3.05, 3.63) is 28.2 Å². The minimum absolute atomic E-state index is 0.0450. The maximum absolute atomic E-state index is 11.8. The van der Waals surface area contributed by atoms with Gasteiger partial charge in [-0.2, -0.15) is 0 Å². The third kappa shape index (κ3) is 4.66. The number of rotatable bonds is 4. The van der Waals surface area contributed by atoms with Crippen molar-refractivity contribution in [3.63, 3.8) is 0 Å². The molecule has 0 atom stereocenters. The number of benzene rings is 1. The number of anilines is 1. The predicted octanol–water partition coefficient (Wildman–Crippen LogP) is 3.04. The molecule has 0 spiro atoms. The third-order valence-corrected chi connectivity index (χ3v) is 3.47. The minimum Gasteiger partial charge on any atom is -0.396 e. The van der Waals surface area contributed by atoms with Crippen LogP contribution in [0.5, 0.6) is 0 Å². The van der Waals surface area contributed by atoms with Crippen molar-refractivity contribution in [3.8, 4) is 0 Å². The summed E-state index contributed by atoms with van der Waals surface area (Å²) in [6.07, 6.45) is 0.512. The molecular weight excluding hydrogens is 296 g/mol. The predicted molar refractivity (Wildman–Crippen MR) is 76.8 cm³/mol. The molecule has 0 aliphatic rings. The first-order valence-corrected chi connectivity index (χ1v) is 6.59. The Morgan fingerprint density at radius 2 is 2.11 bits per heavy atom. The van der Waals surface area contributed by atoms with Gasteiger partial charge < -0.3 is 15.7 Å². The van der Waals surface area contributed by atoms with E-state index in [1.165, 1.54) is 0 Å². The lowest BCUT2D eigenvalue weighted by Crippen LogP contribution is -2.46. The van der Waals surface area contributed by atoms with E-state index in [-0.39, 0.29) is 12.6 Å². The maximum Gasteiger partial charge on any atom is 0.319 e. The highest BCUT2D eigenvalue weighted by Crippen LogP contribution is 2.20. The van der Waals surface area contributed by atoms with Crippen LogP contribution in [0.1, 0.15) is 25.8 Å². The lowest BCUT2D eigenvalue weighted by atomic mass is 10.0. The molecule has 3 N–H and O–H groups in total. The summed E-state index contributed by atoms with van der Waals surface area (Å²) >= 11 is 3.42. The largest absolute Gasteiger partial charge is 0.396 e. The zero-order valence-electron chi connectivity index (χ0n) is 10.9. The van der Waals surface area contributed by atoms with Gasteiger partial charge in [0.1, 0.15) is 0 Å². The fourth-order valence-electron chi connectivity index (χ4n) is 1.48. The lowest BCUT2D eigenvalue weighted by Gasteiger charge is -2.25. The van der Waals surface area contributed by atoms with E-state index in [1.54, 1.807) is 0 Å². The molecule has 0 aromatic heterocycles. The monoisotopic (exact) mass is 314 g/mol. The van der Waals surface area contributed by atoms with Crippen LogP contribution < -0.4 is 10.6 Å².